The first-order chi connectivity index (χ1) is 67.3. The van der Waals surface area contributed by atoms with Crippen LogP contribution in [0.15, 0.2) is 255 Å². The molecule has 0 aliphatic heterocycles. The number of hydrogen-bond donors (Lipinski definition) is 14. The number of nitrogens with one attached hydrogen (secondary N) is 14. The Morgan fingerprint density at radius 1 is 0.268 bits per heavy atom. The third-order valence-electron chi connectivity index (χ3n) is 24.8. The Morgan fingerprint density at radius 3 is 0.877 bits per heavy atom. The van der Waals surface area contributed by atoms with E-state index in [2.05, 4.69) is 158 Å². The van der Waals surface area contributed by atoms with Crippen molar-refractivity contribution in [1.82, 2.24) is 80.7 Å². The molecule has 20 rings (SSSR count). The Kier molecular flexibility index (Phi) is 30.5. The summed E-state index contributed by atoms with van der Waals surface area (Å²) in [4.78, 5) is 86.1. The van der Waals surface area contributed by atoms with Crippen LogP contribution in [0.1, 0.15) is 235 Å². The zero-order valence-corrected chi connectivity index (χ0v) is 78.3. The molecule has 8 aromatic carbocycles. The van der Waals surface area contributed by atoms with Crippen LogP contribution in [0, 0.1) is 41.5 Å². The van der Waals surface area contributed by atoms with Crippen molar-refractivity contribution in [3.63, 3.8) is 0 Å². The van der Waals surface area contributed by atoms with Gasteiger partial charge in [-0.2, -0.15) is 40.3 Å². The van der Waals surface area contributed by atoms with Crippen molar-refractivity contribution in [1.29, 1.82) is 0 Å². The second-order valence-corrected chi connectivity index (χ2v) is 35.9. The largest absolute Gasteiger partial charge is 0.324 e. The second kappa shape index (κ2) is 45.1. The van der Waals surface area contributed by atoms with E-state index in [0.29, 0.717) is 94.7 Å². The van der Waals surface area contributed by atoms with E-state index in [1.54, 1.807) is 42.7 Å². The maximum Gasteiger partial charge on any atom is 0.255 e. The van der Waals surface area contributed by atoms with Crippen molar-refractivity contribution >= 4 is 128 Å². The highest BCUT2D eigenvalue weighted by Crippen LogP contribution is 2.39. The Hall–Kier alpha value is -16.4. The molecule has 0 bridgehead atoms. The highest BCUT2D eigenvalue weighted by Gasteiger charge is 2.25. The highest BCUT2D eigenvalue weighted by atomic mass is 16.2. The number of carbonyl (C=O) groups excluding carboxylic acids is 4. The van der Waals surface area contributed by atoms with Gasteiger partial charge < -0.3 is 53.2 Å². The Labute approximate surface area is 801 Å². The number of aromatic nitrogens is 16. The zero-order chi connectivity index (χ0) is 95.1. The lowest BCUT2D eigenvalue weighted by Gasteiger charge is -2.10. The molecule has 2 amide bonds. The molecule has 0 atom stereocenters. The van der Waals surface area contributed by atoms with E-state index in [9.17, 15) is 19.2 Å². The van der Waals surface area contributed by atoms with Gasteiger partial charge in [0, 0.05) is 176 Å². The van der Waals surface area contributed by atoms with Gasteiger partial charge in [0.05, 0.1) is 0 Å². The SMILES string of the molecule is Cc1cccc(C(=O)Cc2ccc(Nc3nc(C)cc(Nc4cc(C5CCCC5)[nH]n4)n3)cc2)c1.Cc1cccc(C(=O)Cc2ccc(Nc3nccc(Nc4cc(C5CCCC5)[nH]n4)n3)cc2)c1.Cc1cccc(NC(=O)c2ccc(Nc3nc(C)cc(Nc4cc(C5CCCC5)[nH]n4)n3)cc2)c1.Cc1cccc(NC(=O)c2ccc(Nc3nccc(Nc4cc(C5CCCC5)[nH]n4)n3)cc2)c1. The van der Waals surface area contributed by atoms with Crippen LogP contribution in [-0.4, -0.2) is 104 Å². The number of Topliss-reactive ketones (excluding diaryl/α,β-unsaturated/α-hetero) is 2. The van der Waals surface area contributed by atoms with E-state index < -0.39 is 0 Å². The number of nitrogens with zero attached hydrogens (tertiary/aromatic N) is 12. The van der Waals surface area contributed by atoms with Crippen molar-refractivity contribution < 1.29 is 19.2 Å². The van der Waals surface area contributed by atoms with Gasteiger partial charge in [-0.05, 0) is 236 Å². The fraction of sp³-hybridized carbons (Fsp3) is 0.259. The minimum Gasteiger partial charge on any atom is -0.324 e. The Balaban J connectivity index is 0.000000127. The van der Waals surface area contributed by atoms with Crippen LogP contribution < -0.4 is 53.2 Å². The van der Waals surface area contributed by atoms with E-state index in [4.69, 9.17) is 0 Å². The number of amides is 2. The molecular weight excluding hydrogens is 1730 g/mol. The van der Waals surface area contributed by atoms with Gasteiger partial charge >= 0.3 is 0 Å². The molecule has 4 fully saturated rings. The molecule has 4 aliphatic carbocycles. The lowest BCUT2D eigenvalue weighted by Crippen LogP contribution is -2.11. The minimum atomic E-state index is -0.157. The van der Waals surface area contributed by atoms with Gasteiger partial charge in [-0.15, -0.1) is 0 Å². The molecule has 138 heavy (non-hydrogen) atoms. The molecule has 30 nitrogen and oxygen atoms in total. The molecule has 0 saturated heterocycles. The number of aromatic amines is 4. The summed E-state index contributed by atoms with van der Waals surface area (Å²) in [7, 11) is 0. The predicted octanol–water partition coefficient (Wildman–Crippen LogP) is 24.6. The molecule has 0 spiro atoms. The van der Waals surface area contributed by atoms with Crippen LogP contribution in [0.5, 0.6) is 0 Å². The molecule has 14 N–H and O–H groups in total. The normalized spacial score (nSPS) is 13.6. The number of rotatable bonds is 30. The van der Waals surface area contributed by atoms with Crippen LogP contribution in [0.2, 0.25) is 0 Å². The maximum atomic E-state index is 12.6. The quantitative estimate of drug-likeness (QED) is 0.0186. The zero-order valence-electron chi connectivity index (χ0n) is 78.3. The molecule has 16 aromatic rings. The second-order valence-electron chi connectivity index (χ2n) is 35.9. The fourth-order valence-electron chi connectivity index (χ4n) is 17.7. The number of aryl methyl sites for hydroxylation is 6. The van der Waals surface area contributed by atoms with Gasteiger partial charge in [-0.1, -0.05) is 147 Å². The van der Waals surface area contributed by atoms with Crippen molar-refractivity contribution in [2.45, 2.75) is 181 Å². The van der Waals surface area contributed by atoms with E-state index in [-0.39, 0.29) is 23.4 Å². The molecule has 4 saturated carbocycles. The van der Waals surface area contributed by atoms with Gasteiger partial charge in [0.15, 0.2) is 34.8 Å². The number of hydrogen-bond acceptors (Lipinski definition) is 24. The van der Waals surface area contributed by atoms with Gasteiger partial charge in [0.1, 0.15) is 23.3 Å². The Bertz CT molecular complexity index is 6830. The van der Waals surface area contributed by atoms with Crippen LogP contribution in [0.3, 0.4) is 0 Å². The average Bonchev–Trinajstić information content (AvgIpc) is 1.75. The van der Waals surface area contributed by atoms with E-state index in [1.165, 1.54) is 126 Å². The fourth-order valence-corrected chi connectivity index (χ4v) is 17.7. The first kappa shape index (κ1) is 93.4. The number of benzene rings is 8. The van der Waals surface area contributed by atoms with Gasteiger partial charge in [0.2, 0.25) is 23.8 Å². The third-order valence-corrected chi connectivity index (χ3v) is 24.8. The number of anilines is 18. The van der Waals surface area contributed by atoms with E-state index in [0.717, 1.165) is 113 Å². The van der Waals surface area contributed by atoms with Gasteiger partial charge in [-0.25, -0.2) is 19.9 Å². The smallest absolute Gasteiger partial charge is 0.255 e. The predicted molar refractivity (Wildman–Crippen MR) is 546 cm³/mol. The monoisotopic (exact) mass is 1840 g/mol. The molecular formula is C108H114N26O4. The van der Waals surface area contributed by atoms with Crippen LogP contribution in [0.25, 0.3) is 0 Å². The van der Waals surface area contributed by atoms with Crippen LogP contribution in [0.4, 0.5) is 104 Å². The summed E-state index contributed by atoms with van der Waals surface area (Å²) in [6, 6.07) is 76.5. The van der Waals surface area contributed by atoms with Gasteiger partial charge in [-0.3, -0.25) is 39.6 Å². The summed E-state index contributed by atoms with van der Waals surface area (Å²) < 4.78 is 0. The highest BCUT2D eigenvalue weighted by molar-refractivity contribution is 6.05. The molecule has 700 valence electrons. The van der Waals surface area contributed by atoms with Crippen molar-refractivity contribution in [3.05, 3.63) is 345 Å². The molecule has 30 heteroatoms. The Morgan fingerprint density at radius 2 is 0.558 bits per heavy atom. The van der Waals surface area contributed by atoms with Crippen molar-refractivity contribution in [2.75, 3.05) is 53.2 Å². The van der Waals surface area contributed by atoms with Gasteiger partial charge in [0.25, 0.3) is 11.8 Å². The van der Waals surface area contributed by atoms with Crippen molar-refractivity contribution in [3.8, 4) is 0 Å². The lowest BCUT2D eigenvalue weighted by atomic mass is 10.0. The first-order valence-electron chi connectivity index (χ1n) is 47.4. The molecule has 0 unspecified atom stereocenters. The minimum absolute atomic E-state index is 0.112. The number of carbonyl (C=O) groups is 4. The first-order valence-corrected chi connectivity index (χ1v) is 47.4. The third kappa shape index (κ3) is 26.6. The van der Waals surface area contributed by atoms with Crippen LogP contribution in [-0.2, 0) is 12.8 Å². The summed E-state index contributed by atoms with van der Waals surface area (Å²) >= 11 is 0. The lowest BCUT2D eigenvalue weighted by molar-refractivity contribution is 0.0984. The average molecular weight is 1840 g/mol. The summed E-state index contributed by atoms with van der Waals surface area (Å²) in [5.74, 6) is 9.82. The van der Waals surface area contributed by atoms with E-state index >= 15 is 0 Å². The number of ketones is 2. The van der Waals surface area contributed by atoms with Crippen molar-refractivity contribution in [2.24, 2.45) is 0 Å². The topological polar surface area (TPSA) is 406 Å². The standard InChI is InChI=1S/C28H30N6O.C27H29N7O.C27H28N6O.C26H27N7O/c1-18-6-5-9-22(14-18)25(35)16-20-10-12-23(13-11-20)30-28-29-19(2)15-26(32-28)31-27-17-24(33-34-27)21-7-3-4-8-21;1-17-6-5-9-22(14-17)29-26(35)20-10-12-21(13-11-20)30-27-28-18(2)15-24(32-27)31-25-16-23(33-34-25)19-7-3-4-8-19;1-18-5-4-8-21(15-18)24(34)16-19-9-11-22(12-10-19)29-27-28-14-13-25(31-27)30-26-17-23(32-33-26)20-6-2-3-7-20;1-17-5-4-8-21(15-17)28-25(34)19-9-11-20(12-10-19)29-26-27-14-13-23(31-26)30-24-16-22(32-33-24)18-6-2-3-7-18/h5-6,9-15,17,21H,3-4,7-8,16H2,1-2H3,(H3,29,30,31,32,33,34);5-6,9-16,19H,3-4,7-8H2,1-2H3,(H,29,35)(H3,28,30,31,32,33,34);4-5,8-15,17,20H,2-3,6-7,16H2,1H3,(H3,28,29,30,31,32,33);4-5,8-16,18H,2-3,6-7H2,1H3,(H,28,34)(H3,27,29,30,31,32,33). The summed E-state index contributed by atoms with van der Waals surface area (Å²) in [6.45, 7) is 11.8. The maximum absolute atomic E-state index is 12.6. The molecule has 8 aromatic heterocycles. The molecule has 4 aliphatic rings. The van der Waals surface area contributed by atoms with Crippen LogP contribution >= 0.6 is 0 Å². The molecule has 8 heterocycles. The summed E-state index contributed by atoms with van der Waals surface area (Å²) in [6.07, 6.45) is 24.2. The van der Waals surface area contributed by atoms with E-state index in [1.807, 2.05) is 230 Å². The molecule has 0 radical (unpaired) electrons. The summed E-state index contributed by atoms with van der Waals surface area (Å²) in [5, 5.41) is 62.0. The number of H-pyrrole nitrogens is 4. The summed E-state index contributed by atoms with van der Waals surface area (Å²) in [5.41, 5.74) is 20.2.